The normalized spacial score (nSPS) is 21.0. The van der Waals surface area contributed by atoms with Crippen molar-refractivity contribution in [1.29, 1.82) is 0 Å². The highest BCUT2D eigenvalue weighted by Gasteiger charge is 2.40. The molecule has 2 nitrogen and oxygen atoms in total. The lowest BCUT2D eigenvalue weighted by Crippen LogP contribution is -2.30. The summed E-state index contributed by atoms with van der Waals surface area (Å²) in [4.78, 5) is 13.8. The molecule has 0 saturated carbocycles. The molecule has 3 rings (SSSR count). The van der Waals surface area contributed by atoms with Crippen molar-refractivity contribution in [3.8, 4) is 0 Å². The molecule has 1 amide bonds. The minimum absolute atomic E-state index is 0.259. The number of benzene rings is 2. The SMILES string of the molecule is CC1SC(c2ccc(C(F)(F)F)cc2)N(c2ccc(C(F)(F)F)cc2)C1=O. The highest BCUT2D eigenvalue weighted by molar-refractivity contribution is 8.01. The summed E-state index contributed by atoms with van der Waals surface area (Å²) in [5.74, 6) is -0.315. The van der Waals surface area contributed by atoms with Crippen LogP contribution in [-0.2, 0) is 17.1 Å². The van der Waals surface area contributed by atoms with Crippen molar-refractivity contribution < 1.29 is 31.1 Å². The Bertz CT molecular complexity index is 829. The zero-order valence-electron chi connectivity index (χ0n) is 13.8. The van der Waals surface area contributed by atoms with Crippen LogP contribution < -0.4 is 4.90 Å². The summed E-state index contributed by atoms with van der Waals surface area (Å²) >= 11 is 1.23. The number of amides is 1. The quantitative estimate of drug-likeness (QED) is 0.581. The first kappa shape index (κ1) is 19.6. The summed E-state index contributed by atoms with van der Waals surface area (Å²) in [7, 11) is 0. The predicted molar refractivity (Wildman–Crippen MR) is 90.2 cm³/mol. The van der Waals surface area contributed by atoms with Crippen LogP contribution >= 0.6 is 11.8 Å². The molecule has 2 aromatic carbocycles. The molecular formula is C18H13F6NOS. The molecule has 0 radical (unpaired) electrons. The van der Waals surface area contributed by atoms with Gasteiger partial charge >= 0.3 is 12.4 Å². The number of carbonyl (C=O) groups is 1. The van der Waals surface area contributed by atoms with E-state index < -0.39 is 34.1 Å². The van der Waals surface area contributed by atoms with Gasteiger partial charge in [0.15, 0.2) is 0 Å². The van der Waals surface area contributed by atoms with E-state index in [2.05, 4.69) is 0 Å². The smallest absolute Gasteiger partial charge is 0.295 e. The summed E-state index contributed by atoms with van der Waals surface area (Å²) in [6, 6.07) is 8.54. The highest BCUT2D eigenvalue weighted by atomic mass is 32.2. The second-order valence-electron chi connectivity index (χ2n) is 6.00. The van der Waals surface area contributed by atoms with Gasteiger partial charge in [0.25, 0.3) is 0 Å². The maximum Gasteiger partial charge on any atom is 0.416 e. The number of hydrogen-bond donors (Lipinski definition) is 0. The van der Waals surface area contributed by atoms with E-state index in [1.165, 1.54) is 40.9 Å². The van der Waals surface area contributed by atoms with Gasteiger partial charge in [-0.1, -0.05) is 12.1 Å². The topological polar surface area (TPSA) is 20.3 Å². The molecule has 2 atom stereocenters. The van der Waals surface area contributed by atoms with Gasteiger partial charge in [0.05, 0.1) is 16.4 Å². The number of anilines is 1. The van der Waals surface area contributed by atoms with Crippen molar-refractivity contribution in [2.24, 2.45) is 0 Å². The van der Waals surface area contributed by atoms with E-state index in [4.69, 9.17) is 0 Å². The van der Waals surface area contributed by atoms with E-state index in [-0.39, 0.29) is 11.6 Å². The van der Waals surface area contributed by atoms with Gasteiger partial charge in [0.2, 0.25) is 5.91 Å². The first-order valence-electron chi connectivity index (χ1n) is 7.81. The van der Waals surface area contributed by atoms with E-state index in [0.717, 1.165) is 24.3 Å². The van der Waals surface area contributed by atoms with Crippen LogP contribution in [-0.4, -0.2) is 11.2 Å². The van der Waals surface area contributed by atoms with Crippen LogP contribution in [0.1, 0.15) is 29.0 Å². The van der Waals surface area contributed by atoms with Gasteiger partial charge < -0.3 is 0 Å². The summed E-state index contributed by atoms with van der Waals surface area (Å²) in [5.41, 5.74) is -0.931. The van der Waals surface area contributed by atoms with Gasteiger partial charge in [-0.2, -0.15) is 26.3 Å². The molecule has 1 aliphatic rings. The largest absolute Gasteiger partial charge is 0.416 e. The third-order valence-electron chi connectivity index (χ3n) is 4.15. The van der Waals surface area contributed by atoms with Crippen molar-refractivity contribution in [2.45, 2.75) is 29.9 Å². The van der Waals surface area contributed by atoms with Crippen molar-refractivity contribution in [3.63, 3.8) is 0 Å². The molecule has 0 aromatic heterocycles. The van der Waals surface area contributed by atoms with Crippen molar-refractivity contribution in [1.82, 2.24) is 0 Å². The third kappa shape index (κ3) is 3.92. The molecule has 0 aliphatic carbocycles. The number of thioether (sulfide) groups is 1. The van der Waals surface area contributed by atoms with Crippen LogP contribution in [0.3, 0.4) is 0 Å². The summed E-state index contributed by atoms with van der Waals surface area (Å²) < 4.78 is 76.4. The molecule has 2 aromatic rings. The second kappa shape index (κ2) is 6.78. The molecule has 1 aliphatic heterocycles. The van der Waals surface area contributed by atoms with Crippen LogP contribution in [0.25, 0.3) is 0 Å². The highest BCUT2D eigenvalue weighted by Crippen LogP contribution is 2.46. The van der Waals surface area contributed by atoms with Gasteiger partial charge in [-0.25, -0.2) is 0 Å². The molecule has 1 fully saturated rings. The maximum atomic E-state index is 12.7. The Morgan fingerprint density at radius 1 is 0.815 bits per heavy atom. The third-order valence-corrected chi connectivity index (χ3v) is 5.50. The lowest BCUT2D eigenvalue weighted by Gasteiger charge is -2.25. The molecule has 1 heterocycles. The fourth-order valence-corrected chi connectivity index (χ4v) is 4.04. The van der Waals surface area contributed by atoms with Gasteiger partial charge in [0.1, 0.15) is 5.37 Å². The van der Waals surface area contributed by atoms with Crippen LogP contribution in [0, 0.1) is 0 Å². The maximum absolute atomic E-state index is 12.7. The van der Waals surface area contributed by atoms with E-state index in [9.17, 15) is 31.1 Å². The van der Waals surface area contributed by atoms with Crippen LogP contribution in [0.5, 0.6) is 0 Å². The summed E-state index contributed by atoms with van der Waals surface area (Å²) in [5, 5.41) is -1.09. The lowest BCUT2D eigenvalue weighted by atomic mass is 10.1. The molecule has 0 bridgehead atoms. The standard InChI is InChI=1S/C18H13F6NOS/c1-10-15(26)25(14-8-6-13(7-9-14)18(22,23)24)16(27-10)11-2-4-12(5-3-11)17(19,20)21/h2-10,16H,1H3. The first-order chi connectivity index (χ1) is 12.5. The van der Waals surface area contributed by atoms with Gasteiger partial charge in [-0.05, 0) is 48.9 Å². The molecule has 27 heavy (non-hydrogen) atoms. The van der Waals surface area contributed by atoms with Gasteiger partial charge in [-0.15, -0.1) is 11.8 Å². The Balaban J connectivity index is 1.94. The van der Waals surface area contributed by atoms with Gasteiger partial charge in [-0.3, -0.25) is 9.69 Å². The fourth-order valence-electron chi connectivity index (χ4n) is 2.76. The Labute approximate surface area is 155 Å². The average molecular weight is 405 g/mol. The van der Waals surface area contributed by atoms with Crippen molar-refractivity contribution >= 4 is 23.4 Å². The molecule has 0 N–H and O–H groups in total. The second-order valence-corrected chi connectivity index (χ2v) is 7.43. The Hall–Kier alpha value is -2.16. The predicted octanol–water partition coefficient (Wildman–Crippen LogP) is 5.89. The molecule has 0 spiro atoms. The van der Waals surface area contributed by atoms with Crippen molar-refractivity contribution in [3.05, 3.63) is 65.2 Å². The van der Waals surface area contributed by atoms with E-state index in [1.807, 2.05) is 0 Å². The Morgan fingerprint density at radius 3 is 1.70 bits per heavy atom. The zero-order chi connectivity index (χ0) is 20.0. The van der Waals surface area contributed by atoms with Crippen LogP contribution in [0.4, 0.5) is 32.0 Å². The van der Waals surface area contributed by atoms with E-state index in [1.54, 1.807) is 6.92 Å². The fraction of sp³-hybridized carbons (Fsp3) is 0.278. The monoisotopic (exact) mass is 405 g/mol. The number of alkyl halides is 6. The number of hydrogen-bond acceptors (Lipinski definition) is 2. The average Bonchev–Trinajstić information content (AvgIpc) is 2.89. The number of carbonyl (C=O) groups excluding carboxylic acids is 1. The van der Waals surface area contributed by atoms with Crippen LogP contribution in [0.2, 0.25) is 0 Å². The zero-order valence-corrected chi connectivity index (χ0v) is 14.6. The van der Waals surface area contributed by atoms with Crippen molar-refractivity contribution in [2.75, 3.05) is 4.90 Å². The summed E-state index contributed by atoms with van der Waals surface area (Å²) in [6.07, 6.45) is -8.97. The van der Waals surface area contributed by atoms with Crippen LogP contribution in [0.15, 0.2) is 48.5 Å². The van der Waals surface area contributed by atoms with E-state index in [0.29, 0.717) is 5.56 Å². The number of nitrogens with zero attached hydrogens (tertiary/aromatic N) is 1. The Kier molecular flexibility index (Phi) is 4.92. The lowest BCUT2D eigenvalue weighted by molar-refractivity contribution is -0.138. The number of halogens is 6. The minimum Gasteiger partial charge on any atom is -0.295 e. The van der Waals surface area contributed by atoms with E-state index >= 15 is 0 Å². The molecule has 144 valence electrons. The molecular weight excluding hydrogens is 392 g/mol. The number of rotatable bonds is 2. The molecule has 1 saturated heterocycles. The molecule has 9 heteroatoms. The molecule has 2 unspecified atom stereocenters. The van der Waals surface area contributed by atoms with Gasteiger partial charge in [0, 0.05) is 5.69 Å². The minimum atomic E-state index is -4.50. The summed E-state index contributed by atoms with van der Waals surface area (Å²) in [6.45, 7) is 1.65. The first-order valence-corrected chi connectivity index (χ1v) is 8.76. The Morgan fingerprint density at radius 2 is 1.26 bits per heavy atom.